The van der Waals surface area contributed by atoms with Gasteiger partial charge in [0.15, 0.2) is 5.78 Å². The molecule has 22 heavy (non-hydrogen) atoms. The van der Waals surface area contributed by atoms with Crippen molar-refractivity contribution >= 4 is 11.6 Å². The number of ketones is 1. The fourth-order valence-electron chi connectivity index (χ4n) is 2.73. The van der Waals surface area contributed by atoms with Crippen molar-refractivity contribution < 1.29 is 9.53 Å². The van der Waals surface area contributed by atoms with Crippen LogP contribution in [0.1, 0.15) is 33.6 Å². The summed E-state index contributed by atoms with van der Waals surface area (Å²) >= 11 is 0. The largest absolute Gasteiger partial charge is 0.439 e. The summed E-state index contributed by atoms with van der Waals surface area (Å²) in [4.78, 5) is 20.2. The fraction of sp³-hybridized carbons (Fsp3) is 0.250. The lowest BCUT2D eigenvalue weighted by molar-refractivity contribution is 0.0994. The number of hydrogen-bond acceptors (Lipinski definition) is 5. The Morgan fingerprint density at radius 3 is 2.95 bits per heavy atom. The molecule has 2 heterocycles. The van der Waals surface area contributed by atoms with E-state index in [0.29, 0.717) is 23.8 Å². The van der Waals surface area contributed by atoms with E-state index in [9.17, 15) is 4.79 Å². The first-order valence-electron chi connectivity index (χ1n) is 7.14. The number of nitrogens with zero attached hydrogens (tertiary/aromatic N) is 4. The Bertz CT molecular complexity index is 914. The van der Waals surface area contributed by atoms with Crippen LogP contribution in [0.15, 0.2) is 24.5 Å². The zero-order chi connectivity index (χ0) is 15.3. The summed E-state index contributed by atoms with van der Waals surface area (Å²) in [6.07, 6.45) is 2.81. The molecule has 0 bridgehead atoms. The third-order valence-corrected chi connectivity index (χ3v) is 4.07. The van der Waals surface area contributed by atoms with Crippen LogP contribution in [0.3, 0.4) is 0 Å². The maximum atomic E-state index is 11.7. The number of Topliss-reactive ketones (excluding diaryl/α,β-unsaturated/α-hetero) is 1. The van der Waals surface area contributed by atoms with E-state index in [1.165, 1.54) is 6.33 Å². The SMILES string of the molecule is Cc1nc2ncnn2c(Oc2ccc3c(c2)CCC3=O)c1C. The predicted octanol–water partition coefficient (Wildman–Crippen LogP) is 2.66. The van der Waals surface area contributed by atoms with Gasteiger partial charge in [0.05, 0.1) is 0 Å². The summed E-state index contributed by atoms with van der Waals surface area (Å²) in [6.45, 7) is 3.86. The van der Waals surface area contributed by atoms with Gasteiger partial charge in [-0.1, -0.05) is 0 Å². The van der Waals surface area contributed by atoms with Crippen molar-refractivity contribution in [3.63, 3.8) is 0 Å². The van der Waals surface area contributed by atoms with Crippen LogP contribution in [0.4, 0.5) is 0 Å². The molecule has 1 aromatic carbocycles. The van der Waals surface area contributed by atoms with E-state index in [2.05, 4.69) is 15.1 Å². The molecule has 0 fully saturated rings. The van der Waals surface area contributed by atoms with E-state index < -0.39 is 0 Å². The molecular formula is C16H14N4O2. The maximum absolute atomic E-state index is 11.7. The van der Waals surface area contributed by atoms with Crippen LogP contribution in [0, 0.1) is 13.8 Å². The minimum atomic E-state index is 0.205. The molecule has 110 valence electrons. The van der Waals surface area contributed by atoms with Crippen LogP contribution in [0.5, 0.6) is 11.6 Å². The summed E-state index contributed by atoms with van der Waals surface area (Å²) in [5.74, 6) is 2.01. The van der Waals surface area contributed by atoms with Crippen LogP contribution in [-0.2, 0) is 6.42 Å². The molecule has 0 saturated heterocycles. The maximum Gasteiger partial charge on any atom is 0.255 e. The van der Waals surface area contributed by atoms with Crippen molar-refractivity contribution in [2.24, 2.45) is 0 Å². The summed E-state index contributed by atoms with van der Waals surface area (Å²) in [5, 5.41) is 4.17. The molecule has 0 radical (unpaired) electrons. The number of aryl methyl sites for hydroxylation is 2. The molecule has 1 aliphatic carbocycles. The number of carbonyl (C=O) groups excluding carboxylic acids is 1. The molecule has 2 aromatic heterocycles. The summed E-state index contributed by atoms with van der Waals surface area (Å²) < 4.78 is 7.62. The van der Waals surface area contributed by atoms with E-state index in [4.69, 9.17) is 4.74 Å². The van der Waals surface area contributed by atoms with Crippen LogP contribution >= 0.6 is 0 Å². The van der Waals surface area contributed by atoms with Gasteiger partial charge < -0.3 is 4.74 Å². The normalized spacial score (nSPS) is 13.6. The monoisotopic (exact) mass is 294 g/mol. The Kier molecular flexibility index (Phi) is 2.72. The average molecular weight is 294 g/mol. The Morgan fingerprint density at radius 1 is 1.23 bits per heavy atom. The number of carbonyl (C=O) groups is 1. The first-order valence-corrected chi connectivity index (χ1v) is 7.14. The van der Waals surface area contributed by atoms with E-state index >= 15 is 0 Å². The van der Waals surface area contributed by atoms with Crippen molar-refractivity contribution in [1.82, 2.24) is 19.6 Å². The molecule has 0 amide bonds. The molecule has 0 N–H and O–H groups in total. The first kappa shape index (κ1) is 12.9. The molecule has 4 rings (SSSR count). The quantitative estimate of drug-likeness (QED) is 0.726. The lowest BCUT2D eigenvalue weighted by Crippen LogP contribution is -2.03. The molecule has 0 aliphatic heterocycles. The fourth-order valence-corrected chi connectivity index (χ4v) is 2.73. The van der Waals surface area contributed by atoms with Gasteiger partial charge in [-0.2, -0.15) is 14.6 Å². The predicted molar refractivity (Wildman–Crippen MR) is 79.4 cm³/mol. The summed E-state index contributed by atoms with van der Waals surface area (Å²) in [7, 11) is 0. The minimum absolute atomic E-state index is 0.205. The van der Waals surface area contributed by atoms with Crippen molar-refractivity contribution in [1.29, 1.82) is 0 Å². The highest BCUT2D eigenvalue weighted by atomic mass is 16.5. The van der Waals surface area contributed by atoms with Gasteiger partial charge in [-0.3, -0.25) is 4.79 Å². The Morgan fingerprint density at radius 2 is 2.09 bits per heavy atom. The van der Waals surface area contributed by atoms with Gasteiger partial charge in [0.25, 0.3) is 5.78 Å². The molecule has 3 aromatic rings. The zero-order valence-electron chi connectivity index (χ0n) is 12.3. The molecule has 0 spiro atoms. The molecular weight excluding hydrogens is 280 g/mol. The molecule has 1 aliphatic rings. The van der Waals surface area contributed by atoms with Crippen LogP contribution < -0.4 is 4.74 Å². The number of fused-ring (bicyclic) bond motifs is 2. The second kappa shape index (κ2) is 4.62. The third-order valence-electron chi connectivity index (χ3n) is 4.07. The zero-order valence-corrected chi connectivity index (χ0v) is 12.3. The molecule has 0 atom stereocenters. The Labute approximate surface area is 126 Å². The van der Waals surface area contributed by atoms with Gasteiger partial charge in [-0.15, -0.1) is 0 Å². The van der Waals surface area contributed by atoms with Gasteiger partial charge in [0.2, 0.25) is 5.88 Å². The lowest BCUT2D eigenvalue weighted by Gasteiger charge is -2.12. The van der Waals surface area contributed by atoms with Crippen LogP contribution in [0.2, 0.25) is 0 Å². The highest BCUT2D eigenvalue weighted by Crippen LogP contribution is 2.30. The standard InChI is InChI=1S/C16H14N4O2/c1-9-10(2)19-16-17-8-18-20(16)15(9)22-12-4-5-13-11(7-12)3-6-14(13)21/h4-5,7-8H,3,6H2,1-2H3. The summed E-state index contributed by atoms with van der Waals surface area (Å²) in [6, 6.07) is 5.58. The van der Waals surface area contributed by atoms with Gasteiger partial charge in [-0.05, 0) is 44.0 Å². The van der Waals surface area contributed by atoms with E-state index in [0.717, 1.165) is 28.8 Å². The van der Waals surface area contributed by atoms with Crippen molar-refractivity contribution in [2.75, 3.05) is 0 Å². The topological polar surface area (TPSA) is 69.4 Å². The number of benzene rings is 1. The Balaban J connectivity index is 1.80. The van der Waals surface area contributed by atoms with E-state index in [-0.39, 0.29) is 5.78 Å². The van der Waals surface area contributed by atoms with Crippen molar-refractivity contribution in [2.45, 2.75) is 26.7 Å². The van der Waals surface area contributed by atoms with Gasteiger partial charge in [-0.25, -0.2) is 4.98 Å². The third kappa shape index (κ3) is 1.88. The number of aromatic nitrogens is 4. The first-order chi connectivity index (χ1) is 10.6. The van der Waals surface area contributed by atoms with Crippen molar-refractivity contribution in [3.05, 3.63) is 46.9 Å². The molecule has 6 nitrogen and oxygen atoms in total. The van der Waals surface area contributed by atoms with Gasteiger partial charge in [0, 0.05) is 23.2 Å². The highest BCUT2D eigenvalue weighted by Gasteiger charge is 2.20. The second-order valence-electron chi connectivity index (χ2n) is 5.44. The second-order valence-corrected chi connectivity index (χ2v) is 5.44. The summed E-state index contributed by atoms with van der Waals surface area (Å²) in [5.41, 5.74) is 3.61. The minimum Gasteiger partial charge on any atom is -0.439 e. The van der Waals surface area contributed by atoms with Gasteiger partial charge >= 0.3 is 0 Å². The van der Waals surface area contributed by atoms with E-state index in [1.807, 2.05) is 32.0 Å². The Hall–Kier alpha value is -2.76. The average Bonchev–Trinajstić information content (AvgIpc) is 3.11. The smallest absolute Gasteiger partial charge is 0.255 e. The van der Waals surface area contributed by atoms with Crippen molar-refractivity contribution in [3.8, 4) is 11.6 Å². The van der Waals surface area contributed by atoms with Gasteiger partial charge in [0.1, 0.15) is 12.1 Å². The molecule has 6 heteroatoms. The molecule has 0 saturated carbocycles. The number of hydrogen-bond donors (Lipinski definition) is 0. The van der Waals surface area contributed by atoms with Crippen LogP contribution in [0.25, 0.3) is 5.78 Å². The van der Waals surface area contributed by atoms with E-state index in [1.54, 1.807) is 4.52 Å². The van der Waals surface area contributed by atoms with Crippen LogP contribution in [-0.4, -0.2) is 25.4 Å². The number of rotatable bonds is 2. The number of ether oxygens (including phenoxy) is 1. The molecule has 0 unspecified atom stereocenters. The lowest BCUT2D eigenvalue weighted by atomic mass is 10.1. The highest BCUT2D eigenvalue weighted by molar-refractivity contribution is 6.00.